The second kappa shape index (κ2) is 5.35. The van der Waals surface area contributed by atoms with Gasteiger partial charge < -0.3 is 4.90 Å². The lowest BCUT2D eigenvalue weighted by molar-refractivity contribution is 0.0782. The molecular weight excluding hydrogens is 186 g/mol. The van der Waals surface area contributed by atoms with Gasteiger partial charge in [0.25, 0.3) is 5.91 Å². The first-order valence-corrected chi connectivity index (χ1v) is 5.16. The number of rotatable bonds is 4. The summed E-state index contributed by atoms with van der Waals surface area (Å²) in [5.74, 6) is 0.0670. The van der Waals surface area contributed by atoms with E-state index in [1.807, 2.05) is 38.1 Å². The Balaban J connectivity index is 2.82. The Bertz CT molecular complexity index is 340. The van der Waals surface area contributed by atoms with Crippen molar-refractivity contribution in [3.05, 3.63) is 48.0 Å². The van der Waals surface area contributed by atoms with Gasteiger partial charge in [-0.25, -0.2) is 0 Å². The Labute approximate surface area is 91.2 Å². The summed E-state index contributed by atoms with van der Waals surface area (Å²) in [5, 5.41) is 0. The largest absolute Gasteiger partial charge is 0.335 e. The molecule has 0 aliphatic carbocycles. The number of hydrogen-bond acceptors (Lipinski definition) is 1. The summed E-state index contributed by atoms with van der Waals surface area (Å²) < 4.78 is 0. The number of benzene rings is 1. The topological polar surface area (TPSA) is 20.3 Å². The highest BCUT2D eigenvalue weighted by atomic mass is 16.2. The molecule has 0 saturated heterocycles. The van der Waals surface area contributed by atoms with Gasteiger partial charge in [-0.05, 0) is 26.0 Å². The highest BCUT2D eigenvalue weighted by molar-refractivity contribution is 5.94. The fourth-order valence-electron chi connectivity index (χ4n) is 1.39. The quantitative estimate of drug-likeness (QED) is 0.689. The van der Waals surface area contributed by atoms with E-state index in [0.717, 1.165) is 5.56 Å². The van der Waals surface area contributed by atoms with E-state index in [1.54, 1.807) is 11.0 Å². The Hall–Kier alpha value is -1.57. The molecule has 0 unspecified atom stereocenters. The minimum Gasteiger partial charge on any atom is -0.335 e. The average Bonchev–Trinajstić information content (AvgIpc) is 2.26. The number of amides is 1. The smallest absolute Gasteiger partial charge is 0.254 e. The summed E-state index contributed by atoms with van der Waals surface area (Å²) in [4.78, 5) is 13.7. The van der Waals surface area contributed by atoms with Crippen molar-refractivity contribution in [3.63, 3.8) is 0 Å². The lowest BCUT2D eigenvalue weighted by Crippen LogP contribution is -2.30. The molecule has 2 nitrogen and oxygen atoms in total. The number of carbonyl (C=O) groups excluding carboxylic acids is 1. The Morgan fingerprint density at radius 3 is 2.47 bits per heavy atom. The van der Waals surface area contributed by atoms with Crippen molar-refractivity contribution >= 4 is 5.91 Å². The van der Waals surface area contributed by atoms with E-state index in [9.17, 15) is 4.79 Å². The van der Waals surface area contributed by atoms with Crippen LogP contribution in [-0.4, -0.2) is 23.9 Å². The van der Waals surface area contributed by atoms with E-state index < -0.39 is 0 Å². The highest BCUT2D eigenvalue weighted by Crippen LogP contribution is 2.06. The summed E-state index contributed by atoms with van der Waals surface area (Å²) >= 11 is 0. The van der Waals surface area contributed by atoms with Crippen LogP contribution in [0.25, 0.3) is 0 Å². The minimum absolute atomic E-state index is 0.0670. The van der Waals surface area contributed by atoms with Gasteiger partial charge in [-0.2, -0.15) is 0 Å². The predicted molar refractivity (Wildman–Crippen MR) is 63.0 cm³/mol. The fraction of sp³-hybridized carbons (Fsp3) is 0.308. The van der Waals surface area contributed by atoms with Gasteiger partial charge in [-0.3, -0.25) is 4.79 Å². The van der Waals surface area contributed by atoms with Crippen molar-refractivity contribution in [2.24, 2.45) is 0 Å². The maximum atomic E-state index is 12.0. The molecule has 0 saturated carbocycles. The van der Waals surface area contributed by atoms with Gasteiger partial charge in [0.05, 0.1) is 0 Å². The summed E-state index contributed by atoms with van der Waals surface area (Å²) in [6.45, 7) is 8.93. The van der Waals surface area contributed by atoms with E-state index >= 15 is 0 Å². The normalized spacial score (nSPS) is 9.73. The van der Waals surface area contributed by atoms with Crippen LogP contribution in [0.1, 0.15) is 22.8 Å². The number of carbonyl (C=O) groups is 1. The molecule has 0 aliphatic rings. The van der Waals surface area contributed by atoms with Crippen molar-refractivity contribution in [2.45, 2.75) is 13.8 Å². The molecule has 1 rings (SSSR count). The third kappa shape index (κ3) is 2.94. The Morgan fingerprint density at radius 1 is 1.40 bits per heavy atom. The minimum atomic E-state index is 0.0670. The van der Waals surface area contributed by atoms with E-state index in [0.29, 0.717) is 13.1 Å². The van der Waals surface area contributed by atoms with Crippen LogP contribution in [0.2, 0.25) is 0 Å². The first-order valence-electron chi connectivity index (χ1n) is 5.16. The monoisotopic (exact) mass is 203 g/mol. The second-order valence-corrected chi connectivity index (χ2v) is 3.50. The molecule has 0 aromatic heterocycles. The molecule has 0 radical (unpaired) electrons. The molecule has 80 valence electrons. The van der Waals surface area contributed by atoms with Gasteiger partial charge >= 0.3 is 0 Å². The fourth-order valence-corrected chi connectivity index (χ4v) is 1.39. The van der Waals surface area contributed by atoms with Crippen LogP contribution in [0.3, 0.4) is 0 Å². The van der Waals surface area contributed by atoms with Crippen LogP contribution < -0.4 is 0 Å². The third-order valence-corrected chi connectivity index (χ3v) is 2.32. The maximum absolute atomic E-state index is 12.0. The van der Waals surface area contributed by atoms with Crippen molar-refractivity contribution in [3.8, 4) is 0 Å². The lowest BCUT2D eigenvalue weighted by Gasteiger charge is -2.18. The standard InChI is InChI=1S/C13H17NO/c1-4-10-14(5-2)13(15)12-8-6-11(3)7-9-12/h4,6-9H,1,5,10H2,2-3H3. The number of nitrogens with zero attached hydrogens (tertiary/aromatic N) is 1. The molecule has 0 atom stereocenters. The zero-order valence-electron chi connectivity index (χ0n) is 9.36. The van der Waals surface area contributed by atoms with Crippen LogP contribution in [0.5, 0.6) is 0 Å². The summed E-state index contributed by atoms with van der Waals surface area (Å²) in [6, 6.07) is 7.64. The Kier molecular flexibility index (Phi) is 4.10. The van der Waals surface area contributed by atoms with Gasteiger partial charge in [0, 0.05) is 18.7 Å². The van der Waals surface area contributed by atoms with Gasteiger partial charge in [0.15, 0.2) is 0 Å². The van der Waals surface area contributed by atoms with Crippen molar-refractivity contribution in [1.29, 1.82) is 0 Å². The SMILES string of the molecule is C=CCN(CC)C(=O)c1ccc(C)cc1. The number of aryl methyl sites for hydroxylation is 1. The molecule has 1 aromatic carbocycles. The van der Waals surface area contributed by atoms with E-state index in [1.165, 1.54) is 5.56 Å². The summed E-state index contributed by atoms with van der Waals surface area (Å²) in [5.41, 5.74) is 1.91. The molecule has 2 heteroatoms. The van der Waals surface area contributed by atoms with Crippen molar-refractivity contribution in [2.75, 3.05) is 13.1 Å². The molecule has 0 heterocycles. The first-order chi connectivity index (χ1) is 7.19. The molecule has 1 aromatic rings. The highest BCUT2D eigenvalue weighted by Gasteiger charge is 2.11. The molecule has 0 N–H and O–H groups in total. The molecule has 1 amide bonds. The van der Waals surface area contributed by atoms with Gasteiger partial charge in [-0.15, -0.1) is 6.58 Å². The van der Waals surface area contributed by atoms with E-state index in [2.05, 4.69) is 6.58 Å². The zero-order valence-corrected chi connectivity index (χ0v) is 9.36. The van der Waals surface area contributed by atoms with E-state index in [4.69, 9.17) is 0 Å². The first kappa shape index (κ1) is 11.5. The van der Waals surface area contributed by atoms with E-state index in [-0.39, 0.29) is 5.91 Å². The van der Waals surface area contributed by atoms with Gasteiger partial charge in [0.2, 0.25) is 0 Å². The van der Waals surface area contributed by atoms with Crippen molar-refractivity contribution < 1.29 is 4.79 Å². The molecule has 15 heavy (non-hydrogen) atoms. The van der Waals surface area contributed by atoms with Crippen LogP contribution in [-0.2, 0) is 0 Å². The third-order valence-electron chi connectivity index (χ3n) is 2.32. The summed E-state index contributed by atoms with van der Waals surface area (Å²) in [6.07, 6.45) is 1.75. The maximum Gasteiger partial charge on any atom is 0.254 e. The predicted octanol–water partition coefficient (Wildman–Crippen LogP) is 2.64. The van der Waals surface area contributed by atoms with Crippen LogP contribution in [0, 0.1) is 6.92 Å². The molecule has 0 bridgehead atoms. The second-order valence-electron chi connectivity index (χ2n) is 3.50. The van der Waals surface area contributed by atoms with Gasteiger partial charge in [0.1, 0.15) is 0 Å². The average molecular weight is 203 g/mol. The van der Waals surface area contributed by atoms with Crippen LogP contribution in [0.15, 0.2) is 36.9 Å². The van der Waals surface area contributed by atoms with Crippen LogP contribution >= 0.6 is 0 Å². The Morgan fingerprint density at radius 2 is 2.00 bits per heavy atom. The number of hydrogen-bond donors (Lipinski definition) is 0. The van der Waals surface area contributed by atoms with Gasteiger partial charge in [-0.1, -0.05) is 23.8 Å². The van der Waals surface area contributed by atoms with Crippen molar-refractivity contribution in [1.82, 2.24) is 4.90 Å². The zero-order chi connectivity index (χ0) is 11.3. The molecule has 0 fully saturated rings. The molecule has 0 spiro atoms. The molecule has 0 aliphatic heterocycles. The molecular formula is C13H17NO. The van der Waals surface area contributed by atoms with Crippen LogP contribution in [0.4, 0.5) is 0 Å². The summed E-state index contributed by atoms with van der Waals surface area (Å²) in [7, 11) is 0. The number of likely N-dealkylation sites (N-methyl/N-ethyl adjacent to an activating group) is 1. The lowest BCUT2D eigenvalue weighted by atomic mass is 10.1.